The molecular weight excluding hydrogens is 604 g/mol. The molecule has 4 heterocycles. The van der Waals surface area contributed by atoms with E-state index in [1.165, 1.54) is 49.7 Å². The van der Waals surface area contributed by atoms with Crippen molar-refractivity contribution < 1.29 is 28.5 Å². The summed E-state index contributed by atoms with van der Waals surface area (Å²) in [5, 5.41) is 0. The lowest BCUT2D eigenvalue weighted by Crippen LogP contribution is -2.28. The van der Waals surface area contributed by atoms with Crippen molar-refractivity contribution >= 4 is 24.4 Å². The Balaban J connectivity index is 0.809. The van der Waals surface area contributed by atoms with Gasteiger partial charge in [0.15, 0.2) is 0 Å². The minimum atomic E-state index is -0.260. The Labute approximate surface area is 287 Å². The molecule has 4 fully saturated rings. The number of hydrogen-bond acceptors (Lipinski definition) is 8. The molecule has 0 unspecified atom stereocenters. The highest BCUT2D eigenvalue weighted by molar-refractivity contribution is 5.91. The van der Waals surface area contributed by atoms with E-state index >= 15 is 0 Å². The molecule has 0 saturated carbocycles. The van der Waals surface area contributed by atoms with Gasteiger partial charge in [-0.2, -0.15) is 0 Å². The molecule has 0 bridgehead atoms. The minimum absolute atomic E-state index is 0.00231. The Morgan fingerprint density at radius 1 is 0.688 bits per heavy atom. The lowest BCUT2D eigenvalue weighted by molar-refractivity contribution is -0.140. The zero-order chi connectivity index (χ0) is 33.7. The smallest absolute Gasteiger partial charge is 0.334 e. The highest BCUT2D eigenvalue weighted by Gasteiger charge is 2.62. The second kappa shape index (κ2) is 15.4. The van der Waals surface area contributed by atoms with Crippen LogP contribution in [0.1, 0.15) is 117 Å². The average Bonchev–Trinajstić information content (AvgIpc) is 3.87. The number of ether oxygens (including phenoxy) is 4. The molecule has 0 aromatic rings. The first-order chi connectivity index (χ1) is 23.2. The highest BCUT2D eigenvalue weighted by Crippen LogP contribution is 2.51. The van der Waals surface area contributed by atoms with E-state index < -0.39 is 0 Å². The van der Waals surface area contributed by atoms with Gasteiger partial charge >= 0.3 is 11.9 Å². The summed E-state index contributed by atoms with van der Waals surface area (Å²) in [5.74, 6) is -0.450. The molecule has 0 aromatic carbocycles. The Hall–Kier alpha value is -2.84. The zero-order valence-electron chi connectivity index (χ0n) is 29.3. The maximum atomic E-state index is 12.2. The molecule has 8 heteroatoms. The van der Waals surface area contributed by atoms with E-state index in [9.17, 15) is 9.59 Å². The monoisotopic (exact) mass is 660 g/mol. The molecule has 0 N–H and O–H groups in total. The first kappa shape index (κ1) is 35.0. The van der Waals surface area contributed by atoms with Gasteiger partial charge in [0.2, 0.25) is 0 Å². The fourth-order valence-corrected chi connectivity index (χ4v) is 8.23. The largest absolute Gasteiger partial charge is 0.455 e. The average molecular weight is 661 g/mol. The molecule has 4 aliphatic heterocycles. The Kier molecular flexibility index (Phi) is 11.2. The fraction of sp³-hybridized carbons (Fsp3) is 0.700. The van der Waals surface area contributed by atoms with Crippen molar-refractivity contribution in [3.63, 3.8) is 0 Å². The van der Waals surface area contributed by atoms with E-state index in [0.717, 1.165) is 77.3 Å². The molecule has 6 rings (SSSR count). The standard InChI is InChI=1S/C40H56N2O6/c1-27-31-19-17-29(15-13-21-39(3)35(47-39)33(31)45-37(27)43)25-41-23-11-9-7-5-6-8-10-12-24-42-26-30-16-14-22-40(4)36(48-40)34-32(20-18-30)28(2)38(44)46-34/h15-16,25-26,31-36H,1-2,5-14,17-24H2,3-4H3/b29-15+,30-16+,41-25?,42-26?/t31-,32-,33-,34-,35-,36-,39+,40+/m0/s1. The lowest BCUT2D eigenvalue weighted by Gasteiger charge is -2.19. The van der Waals surface area contributed by atoms with Gasteiger partial charge in [-0.3, -0.25) is 9.98 Å². The van der Waals surface area contributed by atoms with Crippen LogP contribution in [0.15, 0.2) is 57.6 Å². The lowest BCUT2D eigenvalue weighted by atomic mass is 9.84. The molecular formula is C40H56N2O6. The van der Waals surface area contributed by atoms with Crippen molar-refractivity contribution in [1.29, 1.82) is 0 Å². The zero-order valence-corrected chi connectivity index (χ0v) is 29.3. The maximum Gasteiger partial charge on any atom is 0.334 e. The summed E-state index contributed by atoms with van der Waals surface area (Å²) in [6, 6.07) is 0. The summed E-state index contributed by atoms with van der Waals surface area (Å²) in [4.78, 5) is 33.9. The van der Waals surface area contributed by atoms with Gasteiger partial charge in [-0.1, -0.05) is 63.8 Å². The number of rotatable bonds is 13. The van der Waals surface area contributed by atoms with Crippen LogP contribution in [0.5, 0.6) is 0 Å². The summed E-state index contributed by atoms with van der Waals surface area (Å²) in [5.41, 5.74) is 3.30. The van der Waals surface area contributed by atoms with Gasteiger partial charge in [-0.15, -0.1) is 0 Å². The van der Waals surface area contributed by atoms with Crippen molar-refractivity contribution in [3.05, 3.63) is 47.6 Å². The van der Waals surface area contributed by atoms with Crippen LogP contribution in [-0.2, 0) is 28.5 Å². The number of allylic oxidation sites excluding steroid dienone is 4. The van der Waals surface area contributed by atoms with E-state index in [1.54, 1.807) is 0 Å². The molecule has 0 aromatic heterocycles. The summed E-state index contributed by atoms with van der Waals surface area (Å²) in [7, 11) is 0. The normalized spacial score (nSPS) is 38.6. The van der Waals surface area contributed by atoms with Gasteiger partial charge in [0.1, 0.15) is 24.4 Å². The van der Waals surface area contributed by atoms with Crippen molar-refractivity contribution in [2.24, 2.45) is 21.8 Å². The number of aliphatic imine (C=N–C) groups is 2. The molecule has 8 nitrogen and oxygen atoms in total. The number of unbranched alkanes of at least 4 members (excludes halogenated alkanes) is 7. The van der Waals surface area contributed by atoms with Crippen molar-refractivity contribution in [3.8, 4) is 0 Å². The van der Waals surface area contributed by atoms with E-state index in [-0.39, 0.29) is 59.4 Å². The fourth-order valence-electron chi connectivity index (χ4n) is 8.23. The van der Waals surface area contributed by atoms with Crippen LogP contribution >= 0.6 is 0 Å². The van der Waals surface area contributed by atoms with Crippen molar-refractivity contribution in [2.75, 3.05) is 13.1 Å². The summed E-state index contributed by atoms with van der Waals surface area (Å²) >= 11 is 0. The van der Waals surface area contributed by atoms with Gasteiger partial charge in [0.05, 0.1) is 11.2 Å². The molecule has 0 spiro atoms. The van der Waals surface area contributed by atoms with Gasteiger partial charge < -0.3 is 18.9 Å². The molecule has 0 radical (unpaired) electrons. The number of fused-ring (bicyclic) bond motifs is 6. The van der Waals surface area contributed by atoms with Crippen LogP contribution in [0, 0.1) is 11.8 Å². The molecule has 4 saturated heterocycles. The third kappa shape index (κ3) is 8.30. The molecule has 48 heavy (non-hydrogen) atoms. The SMILES string of the molecule is C=C1C(=O)O[C@H]2[C@H]1CC/C(C=NCCCCCCCCCCN=C/C1=C/CC[C@@]3(C)O[C@H]3[C@H]3OC(=O)C(=C)[C@@H]3CC1)=C\CC[C@@]1(C)O[C@@H]21. The Morgan fingerprint density at radius 3 is 1.50 bits per heavy atom. The summed E-state index contributed by atoms with van der Waals surface area (Å²) in [6.45, 7) is 14.0. The Bertz CT molecular complexity index is 1260. The number of esters is 2. The Morgan fingerprint density at radius 2 is 1.08 bits per heavy atom. The molecule has 6 aliphatic rings. The number of hydrogen-bond donors (Lipinski definition) is 0. The van der Waals surface area contributed by atoms with Gasteiger partial charge in [-0.05, 0) is 89.2 Å². The third-order valence-corrected chi connectivity index (χ3v) is 11.6. The van der Waals surface area contributed by atoms with Crippen LogP contribution in [-0.4, -0.2) is 73.1 Å². The second-order valence-corrected chi connectivity index (χ2v) is 15.3. The highest BCUT2D eigenvalue weighted by atomic mass is 16.7. The number of carbonyl (C=O) groups excluding carboxylic acids is 2. The van der Waals surface area contributed by atoms with Crippen LogP contribution < -0.4 is 0 Å². The van der Waals surface area contributed by atoms with Crippen LogP contribution in [0.2, 0.25) is 0 Å². The van der Waals surface area contributed by atoms with Crippen LogP contribution in [0.3, 0.4) is 0 Å². The first-order valence-corrected chi connectivity index (χ1v) is 18.7. The van der Waals surface area contributed by atoms with Crippen molar-refractivity contribution in [2.45, 2.75) is 152 Å². The third-order valence-electron chi connectivity index (χ3n) is 11.6. The molecule has 0 amide bonds. The summed E-state index contributed by atoms with van der Waals surface area (Å²) < 4.78 is 23.4. The molecule has 2 aliphatic carbocycles. The first-order valence-electron chi connectivity index (χ1n) is 18.7. The second-order valence-electron chi connectivity index (χ2n) is 15.3. The summed E-state index contributed by atoms with van der Waals surface area (Å²) in [6.07, 6.45) is 25.4. The van der Waals surface area contributed by atoms with Gasteiger partial charge in [0.25, 0.3) is 0 Å². The predicted octanol–water partition coefficient (Wildman–Crippen LogP) is 7.76. The molecule has 8 atom stereocenters. The van der Waals surface area contributed by atoms with Crippen LogP contribution in [0.4, 0.5) is 0 Å². The number of nitrogens with zero attached hydrogens (tertiary/aromatic N) is 2. The topological polar surface area (TPSA) is 102 Å². The van der Waals surface area contributed by atoms with Crippen LogP contribution in [0.25, 0.3) is 0 Å². The number of carbonyl (C=O) groups is 2. The predicted molar refractivity (Wildman–Crippen MR) is 188 cm³/mol. The van der Waals surface area contributed by atoms with Crippen molar-refractivity contribution in [1.82, 2.24) is 0 Å². The van der Waals surface area contributed by atoms with E-state index in [0.29, 0.717) is 11.1 Å². The van der Waals surface area contributed by atoms with Gasteiger partial charge in [-0.25, -0.2) is 9.59 Å². The molecule has 262 valence electrons. The number of epoxide rings is 2. The van der Waals surface area contributed by atoms with Gasteiger partial charge in [0, 0.05) is 48.5 Å². The van der Waals surface area contributed by atoms with E-state index in [2.05, 4.69) is 51.6 Å². The minimum Gasteiger partial charge on any atom is -0.455 e. The maximum absolute atomic E-state index is 12.2. The van der Waals surface area contributed by atoms with E-state index in [4.69, 9.17) is 28.9 Å². The van der Waals surface area contributed by atoms with E-state index in [1.807, 2.05) is 0 Å². The quantitative estimate of drug-likeness (QED) is 0.0658.